The topological polar surface area (TPSA) is 76.4 Å². The molecular weight excluding hydrogens is 314 g/mol. The molecule has 0 bridgehead atoms. The molecule has 6 nitrogen and oxygen atoms in total. The summed E-state index contributed by atoms with van der Waals surface area (Å²) < 4.78 is 6.74. The molecule has 1 aromatic rings. The van der Waals surface area contributed by atoms with Gasteiger partial charge in [0, 0.05) is 13.2 Å². The molecule has 104 valence electrons. The van der Waals surface area contributed by atoms with Gasteiger partial charge in [0.2, 0.25) is 0 Å². The van der Waals surface area contributed by atoms with Crippen molar-refractivity contribution in [3.63, 3.8) is 0 Å². The van der Waals surface area contributed by atoms with Gasteiger partial charge in [0.1, 0.15) is 11.0 Å². The maximum absolute atomic E-state index is 11.8. The molecule has 0 saturated heterocycles. The molecule has 0 aliphatic carbocycles. The first kappa shape index (κ1) is 15.7. The number of hydrogen-bond donors (Lipinski definition) is 2. The molecule has 0 saturated carbocycles. The summed E-state index contributed by atoms with van der Waals surface area (Å²) in [5.41, 5.74) is 0.361. The number of anilines is 1. The Bertz CT molecular complexity index is 496. The van der Waals surface area contributed by atoms with Crippen LogP contribution in [0.25, 0.3) is 0 Å². The van der Waals surface area contributed by atoms with Crippen molar-refractivity contribution < 1.29 is 9.84 Å². The number of aromatic nitrogens is 2. The summed E-state index contributed by atoms with van der Waals surface area (Å²) in [5.74, 6) is 2.37. The van der Waals surface area contributed by atoms with Crippen LogP contribution in [0, 0.1) is 12.3 Å². The Morgan fingerprint density at radius 2 is 2.37 bits per heavy atom. The molecule has 1 aromatic heterocycles. The van der Waals surface area contributed by atoms with Crippen LogP contribution in [0.5, 0.6) is 0 Å². The van der Waals surface area contributed by atoms with Crippen molar-refractivity contribution in [1.82, 2.24) is 9.78 Å². The van der Waals surface area contributed by atoms with Gasteiger partial charge in [-0.05, 0) is 22.4 Å². The molecule has 0 atom stereocenters. The minimum absolute atomic E-state index is 0.0241. The third-order valence-electron chi connectivity index (χ3n) is 2.24. The van der Waals surface area contributed by atoms with Gasteiger partial charge >= 0.3 is 0 Å². The molecule has 0 aliphatic rings. The van der Waals surface area contributed by atoms with E-state index in [1.807, 2.05) is 0 Å². The smallest absolute Gasteiger partial charge is 0.284 e. The van der Waals surface area contributed by atoms with Crippen molar-refractivity contribution in [2.24, 2.45) is 0 Å². The Labute approximate surface area is 119 Å². The molecule has 2 N–H and O–H groups in total. The van der Waals surface area contributed by atoms with Crippen molar-refractivity contribution in [3.8, 4) is 12.3 Å². The molecular formula is C12H16BrN3O3. The molecule has 0 fully saturated rings. The molecule has 7 heteroatoms. The molecule has 1 rings (SSSR count). The third-order valence-corrected chi connectivity index (χ3v) is 3.01. The highest BCUT2D eigenvalue weighted by Gasteiger charge is 2.07. The Balaban J connectivity index is 2.49. The highest BCUT2D eigenvalue weighted by Crippen LogP contribution is 2.15. The molecule has 19 heavy (non-hydrogen) atoms. The fraction of sp³-hybridized carbons (Fsp3) is 0.500. The van der Waals surface area contributed by atoms with Crippen molar-refractivity contribution in [3.05, 3.63) is 21.0 Å². The predicted molar refractivity (Wildman–Crippen MR) is 76.0 cm³/mol. The van der Waals surface area contributed by atoms with E-state index < -0.39 is 0 Å². The zero-order valence-electron chi connectivity index (χ0n) is 10.4. The van der Waals surface area contributed by atoms with E-state index >= 15 is 0 Å². The van der Waals surface area contributed by atoms with Crippen molar-refractivity contribution in [1.29, 1.82) is 0 Å². The normalized spacial score (nSPS) is 10.2. The highest BCUT2D eigenvalue weighted by atomic mass is 79.9. The van der Waals surface area contributed by atoms with Gasteiger partial charge in [0.15, 0.2) is 0 Å². The van der Waals surface area contributed by atoms with E-state index in [9.17, 15) is 4.79 Å². The van der Waals surface area contributed by atoms with E-state index in [2.05, 4.69) is 32.3 Å². The third kappa shape index (κ3) is 5.03. The second-order valence-electron chi connectivity index (χ2n) is 3.66. The van der Waals surface area contributed by atoms with Gasteiger partial charge < -0.3 is 15.2 Å². The van der Waals surface area contributed by atoms with E-state index in [1.165, 1.54) is 4.68 Å². The second-order valence-corrected chi connectivity index (χ2v) is 4.45. The highest BCUT2D eigenvalue weighted by molar-refractivity contribution is 9.10. The lowest BCUT2D eigenvalue weighted by Crippen LogP contribution is -2.24. The zero-order chi connectivity index (χ0) is 14.1. The number of nitrogens with zero attached hydrogens (tertiary/aromatic N) is 2. The first-order chi connectivity index (χ1) is 9.20. The summed E-state index contributed by atoms with van der Waals surface area (Å²) in [6, 6.07) is 0. The summed E-state index contributed by atoms with van der Waals surface area (Å²) in [5, 5.41) is 15.6. The van der Waals surface area contributed by atoms with E-state index in [4.69, 9.17) is 16.3 Å². The molecule has 0 amide bonds. The molecule has 0 aliphatic heterocycles. The fourth-order valence-electron chi connectivity index (χ4n) is 1.35. The van der Waals surface area contributed by atoms with Crippen LogP contribution in [0.2, 0.25) is 0 Å². The largest absolute Gasteiger partial charge is 0.394 e. The van der Waals surface area contributed by atoms with Gasteiger partial charge in [-0.15, -0.1) is 6.42 Å². The van der Waals surface area contributed by atoms with Crippen LogP contribution in [-0.4, -0.2) is 41.3 Å². The number of aliphatic hydroxyl groups excluding tert-OH is 1. The number of ether oxygens (including phenoxy) is 1. The van der Waals surface area contributed by atoms with E-state index in [1.54, 1.807) is 6.20 Å². The van der Waals surface area contributed by atoms with Crippen LogP contribution < -0.4 is 10.9 Å². The number of halogens is 1. The molecule has 1 heterocycles. The first-order valence-electron chi connectivity index (χ1n) is 5.82. The number of terminal acetylenes is 1. The lowest BCUT2D eigenvalue weighted by atomic mass is 10.4. The van der Waals surface area contributed by atoms with E-state index in [-0.39, 0.29) is 18.7 Å². The average Bonchev–Trinajstić information content (AvgIpc) is 2.41. The van der Waals surface area contributed by atoms with Crippen molar-refractivity contribution >= 4 is 21.6 Å². The maximum atomic E-state index is 11.8. The number of aliphatic hydroxyl groups is 1. The van der Waals surface area contributed by atoms with E-state index in [0.717, 1.165) is 6.42 Å². The van der Waals surface area contributed by atoms with Crippen LogP contribution >= 0.6 is 15.9 Å². The maximum Gasteiger partial charge on any atom is 0.284 e. The summed E-state index contributed by atoms with van der Waals surface area (Å²) in [4.78, 5) is 11.8. The zero-order valence-corrected chi connectivity index (χ0v) is 12.0. The van der Waals surface area contributed by atoms with Crippen molar-refractivity contribution in [2.45, 2.75) is 13.0 Å². The van der Waals surface area contributed by atoms with Gasteiger partial charge in [-0.1, -0.05) is 5.92 Å². The van der Waals surface area contributed by atoms with Crippen LogP contribution in [0.1, 0.15) is 6.42 Å². The molecule has 0 aromatic carbocycles. The summed E-state index contributed by atoms with van der Waals surface area (Å²) in [7, 11) is 0. The van der Waals surface area contributed by atoms with Crippen LogP contribution in [-0.2, 0) is 11.3 Å². The minimum Gasteiger partial charge on any atom is -0.394 e. The Kier molecular flexibility index (Phi) is 7.18. The van der Waals surface area contributed by atoms with Gasteiger partial charge in [0.25, 0.3) is 5.56 Å². The lowest BCUT2D eigenvalue weighted by Gasteiger charge is -2.09. The number of rotatable bonds is 8. The van der Waals surface area contributed by atoms with Gasteiger partial charge in [-0.3, -0.25) is 4.79 Å². The quantitative estimate of drug-likeness (QED) is 0.535. The van der Waals surface area contributed by atoms with Crippen LogP contribution in [0.15, 0.2) is 15.5 Å². The number of nitrogens with one attached hydrogen (secondary N) is 1. The van der Waals surface area contributed by atoms with Gasteiger partial charge in [-0.2, -0.15) is 5.10 Å². The predicted octanol–water partition coefficient (Wildman–Crippen LogP) is 0.450. The first-order valence-corrected chi connectivity index (χ1v) is 6.61. The summed E-state index contributed by atoms with van der Waals surface area (Å²) >= 11 is 3.23. The fourth-order valence-corrected chi connectivity index (χ4v) is 1.80. The second kappa shape index (κ2) is 8.69. The molecule has 0 spiro atoms. The van der Waals surface area contributed by atoms with Crippen LogP contribution in [0.4, 0.5) is 5.69 Å². The minimum atomic E-state index is -0.264. The molecule has 0 radical (unpaired) electrons. The lowest BCUT2D eigenvalue weighted by molar-refractivity contribution is 0.0922. The average molecular weight is 330 g/mol. The van der Waals surface area contributed by atoms with Crippen LogP contribution in [0.3, 0.4) is 0 Å². The summed E-state index contributed by atoms with van der Waals surface area (Å²) in [6.45, 7) is 1.70. The standard InChI is InChI=1S/C12H16BrN3O3/c1-2-5-16-12(18)11(13)10(9-15-16)14-4-3-7-19-8-6-17/h1,9,14,17H,3-8H2. The SMILES string of the molecule is C#CCn1ncc(NCCCOCCO)c(Br)c1=O. The van der Waals surface area contributed by atoms with Gasteiger partial charge in [0.05, 0.1) is 25.1 Å². The van der Waals surface area contributed by atoms with Gasteiger partial charge in [-0.25, -0.2) is 4.68 Å². The summed E-state index contributed by atoms with van der Waals surface area (Å²) in [6.07, 6.45) is 7.46. The number of hydrogen-bond acceptors (Lipinski definition) is 5. The Hall–Kier alpha value is -1.36. The monoisotopic (exact) mass is 329 g/mol. The molecule has 0 unspecified atom stereocenters. The Morgan fingerprint density at radius 1 is 1.58 bits per heavy atom. The van der Waals surface area contributed by atoms with Crippen molar-refractivity contribution in [2.75, 3.05) is 31.7 Å². The van der Waals surface area contributed by atoms with E-state index in [0.29, 0.717) is 29.9 Å². The Morgan fingerprint density at radius 3 is 3.05 bits per heavy atom.